The van der Waals surface area contributed by atoms with Crippen molar-refractivity contribution in [2.24, 2.45) is 11.8 Å². The number of likely N-dealkylation sites (tertiary alicyclic amines) is 1. The Morgan fingerprint density at radius 2 is 1.29 bits per heavy atom. The van der Waals surface area contributed by atoms with Gasteiger partial charge in [-0.05, 0) is 38.6 Å². The van der Waals surface area contributed by atoms with E-state index in [0.717, 1.165) is 17.9 Å². The van der Waals surface area contributed by atoms with Crippen LogP contribution in [0.25, 0.3) is 0 Å². The molecule has 17 heavy (non-hydrogen) atoms. The van der Waals surface area contributed by atoms with Gasteiger partial charge in [0.15, 0.2) is 0 Å². The Morgan fingerprint density at radius 3 is 1.88 bits per heavy atom. The van der Waals surface area contributed by atoms with Crippen molar-refractivity contribution < 1.29 is 0 Å². The highest BCUT2D eigenvalue weighted by atomic mass is 15.1. The molecule has 0 aromatic carbocycles. The molecule has 1 saturated heterocycles. The molecule has 1 heteroatoms. The van der Waals surface area contributed by atoms with Gasteiger partial charge in [0.2, 0.25) is 0 Å². The second kappa shape index (κ2) is 6.78. The Morgan fingerprint density at radius 1 is 0.706 bits per heavy atom. The van der Waals surface area contributed by atoms with Gasteiger partial charge in [0.05, 0.1) is 0 Å². The van der Waals surface area contributed by atoms with E-state index >= 15 is 0 Å². The molecule has 0 bridgehead atoms. The molecule has 2 atom stereocenters. The third-order valence-electron chi connectivity index (χ3n) is 5.30. The van der Waals surface area contributed by atoms with E-state index in [4.69, 9.17) is 0 Å². The summed E-state index contributed by atoms with van der Waals surface area (Å²) in [6.45, 7) is 3.76. The SMILES string of the molecule is CC1CCC(C2CCCCCCCC2)CN1C. The van der Waals surface area contributed by atoms with Crippen LogP contribution in [0.15, 0.2) is 0 Å². The second-order valence-electron chi connectivity index (χ2n) is 6.58. The van der Waals surface area contributed by atoms with Crippen molar-refractivity contribution in [1.29, 1.82) is 0 Å². The predicted molar refractivity (Wildman–Crippen MR) is 75.2 cm³/mol. The van der Waals surface area contributed by atoms with E-state index in [-0.39, 0.29) is 0 Å². The summed E-state index contributed by atoms with van der Waals surface area (Å²) in [5.41, 5.74) is 0. The molecule has 0 N–H and O–H groups in total. The lowest BCUT2D eigenvalue weighted by molar-refractivity contribution is 0.104. The van der Waals surface area contributed by atoms with Crippen LogP contribution >= 0.6 is 0 Å². The molecular weight excluding hydrogens is 206 g/mol. The van der Waals surface area contributed by atoms with E-state index in [1.807, 2.05) is 0 Å². The molecule has 0 aromatic rings. The third kappa shape index (κ3) is 3.98. The van der Waals surface area contributed by atoms with E-state index in [1.165, 1.54) is 70.8 Å². The molecule has 1 heterocycles. The zero-order valence-corrected chi connectivity index (χ0v) is 12.0. The lowest BCUT2D eigenvalue weighted by Gasteiger charge is -2.39. The highest BCUT2D eigenvalue weighted by molar-refractivity contribution is 4.81. The third-order valence-corrected chi connectivity index (χ3v) is 5.30. The minimum atomic E-state index is 0.822. The molecule has 1 saturated carbocycles. The first-order valence-electron chi connectivity index (χ1n) is 7.97. The van der Waals surface area contributed by atoms with Crippen LogP contribution < -0.4 is 0 Å². The monoisotopic (exact) mass is 237 g/mol. The van der Waals surface area contributed by atoms with Crippen LogP contribution in [0, 0.1) is 11.8 Å². The van der Waals surface area contributed by atoms with Crippen molar-refractivity contribution in [1.82, 2.24) is 4.90 Å². The van der Waals surface area contributed by atoms with Crippen LogP contribution in [0.5, 0.6) is 0 Å². The van der Waals surface area contributed by atoms with E-state index < -0.39 is 0 Å². The van der Waals surface area contributed by atoms with Crippen molar-refractivity contribution >= 4 is 0 Å². The van der Waals surface area contributed by atoms with Crippen LogP contribution in [-0.2, 0) is 0 Å². The van der Waals surface area contributed by atoms with E-state index in [0.29, 0.717) is 0 Å². The lowest BCUT2D eigenvalue weighted by atomic mass is 9.78. The minimum Gasteiger partial charge on any atom is -0.303 e. The molecule has 1 aliphatic heterocycles. The molecule has 1 nitrogen and oxygen atoms in total. The van der Waals surface area contributed by atoms with Gasteiger partial charge in [0.25, 0.3) is 0 Å². The van der Waals surface area contributed by atoms with E-state index in [1.54, 1.807) is 0 Å². The van der Waals surface area contributed by atoms with Crippen LogP contribution in [0.1, 0.15) is 71.1 Å². The van der Waals surface area contributed by atoms with Crippen molar-refractivity contribution in [3.05, 3.63) is 0 Å². The Kier molecular flexibility index (Phi) is 5.34. The summed E-state index contributed by atoms with van der Waals surface area (Å²) in [7, 11) is 2.33. The van der Waals surface area contributed by atoms with E-state index in [9.17, 15) is 0 Å². The fourth-order valence-corrected chi connectivity index (χ4v) is 3.84. The van der Waals surface area contributed by atoms with E-state index in [2.05, 4.69) is 18.9 Å². The van der Waals surface area contributed by atoms with Crippen molar-refractivity contribution in [3.63, 3.8) is 0 Å². The zero-order chi connectivity index (χ0) is 12.1. The summed E-state index contributed by atoms with van der Waals surface area (Å²) in [5.74, 6) is 2.05. The predicted octanol–water partition coefficient (Wildman–Crippen LogP) is 4.47. The van der Waals surface area contributed by atoms with Gasteiger partial charge < -0.3 is 4.90 Å². The van der Waals surface area contributed by atoms with Crippen LogP contribution in [-0.4, -0.2) is 24.5 Å². The maximum atomic E-state index is 2.60. The Balaban J connectivity index is 1.85. The minimum absolute atomic E-state index is 0.822. The Labute approximate surface area is 108 Å². The summed E-state index contributed by atoms with van der Waals surface area (Å²) < 4.78 is 0. The lowest BCUT2D eigenvalue weighted by Crippen LogP contribution is -2.41. The summed E-state index contributed by atoms with van der Waals surface area (Å²) >= 11 is 0. The van der Waals surface area contributed by atoms with Gasteiger partial charge in [0.1, 0.15) is 0 Å². The van der Waals surface area contributed by atoms with Crippen molar-refractivity contribution in [2.45, 2.75) is 77.2 Å². The average molecular weight is 237 g/mol. The van der Waals surface area contributed by atoms with Gasteiger partial charge >= 0.3 is 0 Å². The normalized spacial score (nSPS) is 34.9. The fourth-order valence-electron chi connectivity index (χ4n) is 3.84. The number of nitrogens with zero attached hydrogens (tertiary/aromatic N) is 1. The van der Waals surface area contributed by atoms with Gasteiger partial charge in [-0.3, -0.25) is 0 Å². The fraction of sp³-hybridized carbons (Fsp3) is 1.00. The highest BCUT2D eigenvalue weighted by Gasteiger charge is 2.28. The molecule has 0 amide bonds. The molecule has 2 fully saturated rings. The molecular formula is C16H31N. The second-order valence-corrected chi connectivity index (χ2v) is 6.58. The first-order chi connectivity index (χ1) is 8.27. The largest absolute Gasteiger partial charge is 0.303 e. The van der Waals surface area contributed by atoms with Crippen LogP contribution in [0.4, 0.5) is 0 Å². The summed E-state index contributed by atoms with van der Waals surface area (Å²) in [4.78, 5) is 2.60. The van der Waals surface area contributed by atoms with Gasteiger partial charge in [-0.25, -0.2) is 0 Å². The molecule has 2 rings (SSSR count). The van der Waals surface area contributed by atoms with Gasteiger partial charge in [-0.1, -0.05) is 51.4 Å². The van der Waals surface area contributed by atoms with Gasteiger partial charge in [0, 0.05) is 12.6 Å². The molecule has 2 unspecified atom stereocenters. The highest BCUT2D eigenvalue weighted by Crippen LogP contribution is 2.34. The van der Waals surface area contributed by atoms with Crippen LogP contribution in [0.3, 0.4) is 0 Å². The quantitative estimate of drug-likeness (QED) is 0.650. The molecule has 0 radical (unpaired) electrons. The first kappa shape index (κ1) is 13.4. The van der Waals surface area contributed by atoms with Crippen molar-refractivity contribution in [3.8, 4) is 0 Å². The zero-order valence-electron chi connectivity index (χ0n) is 12.0. The number of hydrogen-bond acceptors (Lipinski definition) is 1. The Bertz CT molecular complexity index is 204. The maximum absolute atomic E-state index is 2.60. The van der Waals surface area contributed by atoms with Gasteiger partial charge in [-0.15, -0.1) is 0 Å². The molecule has 0 aromatic heterocycles. The molecule has 1 aliphatic carbocycles. The number of piperidine rings is 1. The summed E-state index contributed by atoms with van der Waals surface area (Å²) in [6, 6.07) is 0.822. The molecule has 100 valence electrons. The maximum Gasteiger partial charge on any atom is 0.00641 e. The van der Waals surface area contributed by atoms with Crippen molar-refractivity contribution in [2.75, 3.05) is 13.6 Å². The summed E-state index contributed by atoms with van der Waals surface area (Å²) in [6.07, 6.45) is 14.9. The number of rotatable bonds is 1. The first-order valence-corrected chi connectivity index (χ1v) is 7.97. The van der Waals surface area contributed by atoms with Gasteiger partial charge in [-0.2, -0.15) is 0 Å². The topological polar surface area (TPSA) is 3.24 Å². The van der Waals surface area contributed by atoms with Crippen LogP contribution in [0.2, 0.25) is 0 Å². The average Bonchev–Trinajstić information content (AvgIpc) is 2.46. The standard InChI is InChI=1S/C16H31N/c1-14-11-12-16(13-17(14)2)15-9-7-5-3-4-6-8-10-15/h14-16H,3-13H2,1-2H3. The smallest absolute Gasteiger partial charge is 0.00641 e. The Hall–Kier alpha value is -0.0400. The number of hydrogen-bond donors (Lipinski definition) is 0. The molecule has 0 spiro atoms. The summed E-state index contributed by atoms with van der Waals surface area (Å²) in [5, 5.41) is 0. The molecule has 2 aliphatic rings.